The van der Waals surface area contributed by atoms with E-state index < -0.39 is 4.51 Å². The van der Waals surface area contributed by atoms with Gasteiger partial charge in [-0.15, -0.1) is 0 Å². The van der Waals surface area contributed by atoms with Crippen LogP contribution in [0, 0.1) is 0 Å². The average Bonchev–Trinajstić information content (AvgIpc) is 2.61. The molecule has 64 valence electrons. The maximum Gasteiger partial charge on any atom is 0.127 e. The minimum absolute atomic E-state index is 0.231. The van der Waals surface area contributed by atoms with Crippen molar-refractivity contribution >= 4 is 27.5 Å². The van der Waals surface area contributed by atoms with E-state index in [1.54, 1.807) is 0 Å². The van der Waals surface area contributed by atoms with Gasteiger partial charge in [0.15, 0.2) is 0 Å². The smallest absolute Gasteiger partial charge is 0.127 e. The molecule has 0 heterocycles. The molecule has 0 saturated heterocycles. The molecule has 0 aromatic heterocycles. The van der Waals surface area contributed by atoms with Crippen LogP contribution in [0.15, 0.2) is 24.3 Å². The molecule has 2 atom stereocenters. The summed E-state index contributed by atoms with van der Waals surface area (Å²) in [5.74, 6) is 0.231. The molecular weight excluding hydrogens is 239 g/mol. The highest BCUT2D eigenvalue weighted by molar-refractivity contribution is 9.10. The summed E-state index contributed by atoms with van der Waals surface area (Å²) in [7, 11) is 0. The summed E-state index contributed by atoms with van der Waals surface area (Å²) in [6.45, 7) is 0. The number of benzene rings is 1. The molecule has 2 rings (SSSR count). The molecule has 1 aliphatic carbocycles. The van der Waals surface area contributed by atoms with Crippen molar-refractivity contribution in [3.63, 3.8) is 0 Å². The summed E-state index contributed by atoms with van der Waals surface area (Å²) in [5.41, 5.74) is 1.14. The molecule has 1 aromatic rings. The Morgan fingerprint density at radius 1 is 1.42 bits per heavy atom. The van der Waals surface area contributed by atoms with Crippen molar-refractivity contribution in [2.45, 2.75) is 16.8 Å². The minimum Gasteiger partial charge on any atom is -0.378 e. The first-order chi connectivity index (χ1) is 5.59. The average molecular weight is 248 g/mol. The SMILES string of the molecule is OC1(Br)CC1c1ccc(Cl)cc1. The molecule has 0 amide bonds. The van der Waals surface area contributed by atoms with Crippen LogP contribution in [-0.4, -0.2) is 9.62 Å². The van der Waals surface area contributed by atoms with Crippen LogP contribution in [0.1, 0.15) is 17.9 Å². The second-order valence-corrected chi connectivity index (χ2v) is 4.94. The van der Waals surface area contributed by atoms with Gasteiger partial charge < -0.3 is 5.11 Å². The monoisotopic (exact) mass is 246 g/mol. The normalized spacial score (nSPS) is 33.4. The van der Waals surface area contributed by atoms with Crippen molar-refractivity contribution < 1.29 is 5.11 Å². The fourth-order valence-electron chi connectivity index (χ4n) is 1.30. The van der Waals surface area contributed by atoms with E-state index >= 15 is 0 Å². The van der Waals surface area contributed by atoms with E-state index in [0.29, 0.717) is 0 Å². The third-order valence-electron chi connectivity index (χ3n) is 2.14. The molecule has 3 heteroatoms. The van der Waals surface area contributed by atoms with E-state index in [-0.39, 0.29) is 5.92 Å². The quantitative estimate of drug-likeness (QED) is 0.757. The van der Waals surface area contributed by atoms with E-state index in [4.69, 9.17) is 11.6 Å². The van der Waals surface area contributed by atoms with Gasteiger partial charge in [-0.3, -0.25) is 0 Å². The highest BCUT2D eigenvalue weighted by Gasteiger charge is 2.51. The number of alkyl halides is 1. The predicted molar refractivity (Wildman–Crippen MR) is 52.7 cm³/mol. The Labute approximate surface area is 84.5 Å². The lowest BCUT2D eigenvalue weighted by atomic mass is 10.1. The van der Waals surface area contributed by atoms with Gasteiger partial charge in [-0.05, 0) is 24.1 Å². The first-order valence-electron chi connectivity index (χ1n) is 3.76. The van der Waals surface area contributed by atoms with Gasteiger partial charge in [0, 0.05) is 10.9 Å². The van der Waals surface area contributed by atoms with Gasteiger partial charge in [0.2, 0.25) is 0 Å². The van der Waals surface area contributed by atoms with Gasteiger partial charge in [-0.1, -0.05) is 39.7 Å². The Balaban J connectivity index is 2.21. The predicted octanol–water partition coefficient (Wildman–Crippen LogP) is 2.91. The molecule has 1 aromatic carbocycles. The molecule has 2 unspecified atom stereocenters. The van der Waals surface area contributed by atoms with Crippen molar-refractivity contribution in [2.75, 3.05) is 0 Å². The van der Waals surface area contributed by atoms with Crippen LogP contribution in [0.25, 0.3) is 0 Å². The number of halogens is 2. The van der Waals surface area contributed by atoms with Crippen LogP contribution in [0.5, 0.6) is 0 Å². The van der Waals surface area contributed by atoms with Crippen LogP contribution in [0.4, 0.5) is 0 Å². The molecule has 1 fully saturated rings. The Morgan fingerprint density at radius 2 is 1.92 bits per heavy atom. The fraction of sp³-hybridized carbons (Fsp3) is 0.333. The van der Waals surface area contributed by atoms with Crippen molar-refractivity contribution in [1.82, 2.24) is 0 Å². The largest absolute Gasteiger partial charge is 0.378 e. The molecular formula is C9H8BrClO. The molecule has 0 aliphatic heterocycles. The summed E-state index contributed by atoms with van der Waals surface area (Å²) in [6.07, 6.45) is 0.786. The second kappa shape index (κ2) is 2.72. The van der Waals surface area contributed by atoms with Gasteiger partial charge in [0.25, 0.3) is 0 Å². The second-order valence-electron chi connectivity index (χ2n) is 3.13. The lowest BCUT2D eigenvalue weighted by Crippen LogP contribution is -1.96. The molecule has 12 heavy (non-hydrogen) atoms. The maximum absolute atomic E-state index is 9.50. The van der Waals surface area contributed by atoms with Crippen LogP contribution in [0.3, 0.4) is 0 Å². The van der Waals surface area contributed by atoms with Crippen LogP contribution in [-0.2, 0) is 0 Å². The fourth-order valence-corrected chi connectivity index (χ4v) is 2.01. The lowest BCUT2D eigenvalue weighted by molar-refractivity contribution is 0.245. The number of rotatable bonds is 1. The lowest BCUT2D eigenvalue weighted by Gasteiger charge is -2.00. The van der Waals surface area contributed by atoms with Crippen LogP contribution in [0.2, 0.25) is 5.02 Å². The molecule has 1 saturated carbocycles. The third-order valence-corrected chi connectivity index (χ3v) is 3.26. The summed E-state index contributed by atoms with van der Waals surface area (Å²) in [4.78, 5) is 0. The van der Waals surface area contributed by atoms with Gasteiger partial charge in [0.1, 0.15) is 4.51 Å². The first-order valence-corrected chi connectivity index (χ1v) is 4.93. The van der Waals surface area contributed by atoms with Crippen LogP contribution >= 0.6 is 27.5 Å². The number of hydrogen-bond acceptors (Lipinski definition) is 1. The van der Waals surface area contributed by atoms with Gasteiger partial charge in [-0.25, -0.2) is 0 Å². The Hall–Kier alpha value is -0.0500. The van der Waals surface area contributed by atoms with E-state index in [1.165, 1.54) is 0 Å². The van der Waals surface area contributed by atoms with Gasteiger partial charge in [0.05, 0.1) is 0 Å². The van der Waals surface area contributed by atoms with Gasteiger partial charge >= 0.3 is 0 Å². The molecule has 0 bridgehead atoms. The Morgan fingerprint density at radius 3 is 2.33 bits per heavy atom. The number of hydrogen-bond donors (Lipinski definition) is 1. The van der Waals surface area contributed by atoms with E-state index in [9.17, 15) is 5.11 Å². The van der Waals surface area contributed by atoms with Crippen molar-refractivity contribution in [3.8, 4) is 0 Å². The zero-order valence-corrected chi connectivity index (χ0v) is 8.64. The topological polar surface area (TPSA) is 20.2 Å². The molecule has 0 spiro atoms. The van der Waals surface area contributed by atoms with E-state index in [1.807, 2.05) is 24.3 Å². The maximum atomic E-state index is 9.50. The van der Waals surface area contributed by atoms with Gasteiger partial charge in [-0.2, -0.15) is 0 Å². The molecule has 1 N–H and O–H groups in total. The van der Waals surface area contributed by atoms with E-state index in [0.717, 1.165) is 17.0 Å². The van der Waals surface area contributed by atoms with Crippen LogP contribution < -0.4 is 0 Å². The third kappa shape index (κ3) is 1.51. The number of aliphatic hydroxyl groups is 1. The van der Waals surface area contributed by atoms with Crippen molar-refractivity contribution in [3.05, 3.63) is 34.9 Å². The first kappa shape index (κ1) is 8.54. The zero-order chi connectivity index (χ0) is 8.77. The highest BCUT2D eigenvalue weighted by Crippen LogP contribution is 2.55. The summed E-state index contributed by atoms with van der Waals surface area (Å²) >= 11 is 8.96. The summed E-state index contributed by atoms with van der Waals surface area (Å²) < 4.78 is -0.666. The van der Waals surface area contributed by atoms with Crippen molar-refractivity contribution in [2.24, 2.45) is 0 Å². The van der Waals surface area contributed by atoms with E-state index in [2.05, 4.69) is 15.9 Å². The summed E-state index contributed by atoms with van der Waals surface area (Å²) in [6, 6.07) is 7.59. The molecule has 0 radical (unpaired) electrons. The minimum atomic E-state index is -0.666. The Kier molecular flexibility index (Phi) is 1.94. The van der Waals surface area contributed by atoms with Crippen molar-refractivity contribution in [1.29, 1.82) is 0 Å². The summed E-state index contributed by atoms with van der Waals surface area (Å²) in [5, 5.41) is 10.2. The molecule has 1 aliphatic rings. The molecule has 1 nitrogen and oxygen atoms in total. The Bertz CT molecular complexity index is 294. The standard InChI is InChI=1S/C9H8BrClO/c10-9(12)5-8(9)6-1-3-7(11)4-2-6/h1-4,8,12H,5H2. The highest BCUT2D eigenvalue weighted by atomic mass is 79.9. The zero-order valence-electron chi connectivity index (χ0n) is 6.30.